The van der Waals surface area contributed by atoms with Gasteiger partial charge >= 0.3 is 6.18 Å². The summed E-state index contributed by atoms with van der Waals surface area (Å²) in [5, 5.41) is 11.2. The lowest BCUT2D eigenvalue weighted by Crippen LogP contribution is -2.21. The van der Waals surface area contributed by atoms with Gasteiger partial charge in [0.05, 0.1) is 39.4 Å². The van der Waals surface area contributed by atoms with Gasteiger partial charge in [-0.25, -0.2) is 13.0 Å². The van der Waals surface area contributed by atoms with Crippen molar-refractivity contribution in [3.05, 3.63) is 69.0 Å². The average Bonchev–Trinajstić information content (AvgIpc) is 3.07. The summed E-state index contributed by atoms with van der Waals surface area (Å²) >= 11 is 6.10. The summed E-state index contributed by atoms with van der Waals surface area (Å²) in [7, 11) is -3.19. The molecule has 1 aliphatic heterocycles. The summed E-state index contributed by atoms with van der Waals surface area (Å²) in [6.45, 7) is 0. The number of rotatable bonds is 3. The van der Waals surface area contributed by atoms with Crippen molar-refractivity contribution in [1.29, 1.82) is 0 Å². The standard InChI is InChI=1S/C21H16ClF3N2O4S/c22-17-6-5-12(21(23,24)25)9-18(17)27-19(28)15-4-2-1-3-14(15)16(20(27)29)10-26-13-7-8-32(30,31)11-13/h1-6,9-10,13,29H,7-8,11H2/t13-/m1/s1. The molecule has 0 amide bonds. The number of halogens is 4. The van der Waals surface area contributed by atoms with E-state index in [4.69, 9.17) is 11.6 Å². The Bertz CT molecular complexity index is 1420. The van der Waals surface area contributed by atoms with Crippen LogP contribution in [0.5, 0.6) is 5.88 Å². The molecule has 0 bridgehead atoms. The normalized spacial score (nSPS) is 18.6. The van der Waals surface area contributed by atoms with E-state index in [1.807, 2.05) is 0 Å². The molecule has 1 aromatic heterocycles. The summed E-state index contributed by atoms with van der Waals surface area (Å²) in [5.74, 6) is -0.790. The molecule has 1 fully saturated rings. The zero-order valence-corrected chi connectivity index (χ0v) is 17.9. The first-order valence-electron chi connectivity index (χ1n) is 9.45. The Hall–Kier alpha value is -2.85. The van der Waals surface area contributed by atoms with E-state index < -0.39 is 39.1 Å². The molecule has 1 N–H and O–H groups in total. The number of aromatic hydroxyl groups is 1. The SMILES string of the molecule is O=c1c2ccccc2c(C=N[C@@H]2CCS(=O)(=O)C2)c(O)n1-c1cc(C(F)(F)F)ccc1Cl. The molecular formula is C21H16ClF3N2O4S. The molecule has 2 aromatic carbocycles. The third-order valence-electron chi connectivity index (χ3n) is 5.24. The van der Waals surface area contributed by atoms with Crippen LogP contribution < -0.4 is 5.56 Å². The van der Waals surface area contributed by atoms with Crippen LogP contribution in [-0.4, -0.2) is 41.9 Å². The molecule has 6 nitrogen and oxygen atoms in total. The molecule has 0 aliphatic carbocycles. The molecule has 3 aromatic rings. The third-order valence-corrected chi connectivity index (χ3v) is 7.31. The van der Waals surface area contributed by atoms with Gasteiger partial charge in [0.1, 0.15) is 0 Å². The summed E-state index contributed by atoms with van der Waals surface area (Å²) < 4.78 is 63.8. The minimum Gasteiger partial charge on any atom is -0.494 e. The van der Waals surface area contributed by atoms with Crippen LogP contribution in [0.1, 0.15) is 17.5 Å². The number of pyridine rings is 1. The van der Waals surface area contributed by atoms with Crippen LogP contribution in [0.15, 0.2) is 52.3 Å². The number of alkyl halides is 3. The first-order valence-corrected chi connectivity index (χ1v) is 11.7. The molecule has 1 saturated heterocycles. The van der Waals surface area contributed by atoms with Crippen LogP contribution in [0.2, 0.25) is 5.02 Å². The van der Waals surface area contributed by atoms with Crippen LogP contribution in [0, 0.1) is 0 Å². The molecule has 1 atom stereocenters. The summed E-state index contributed by atoms with van der Waals surface area (Å²) in [6, 6.07) is 8.16. The highest BCUT2D eigenvalue weighted by atomic mass is 35.5. The van der Waals surface area contributed by atoms with E-state index in [0.717, 1.165) is 12.1 Å². The largest absolute Gasteiger partial charge is 0.494 e. The second-order valence-electron chi connectivity index (χ2n) is 7.42. The van der Waals surface area contributed by atoms with Crippen LogP contribution in [0.25, 0.3) is 16.5 Å². The third kappa shape index (κ3) is 4.12. The lowest BCUT2D eigenvalue weighted by Gasteiger charge is -2.16. The van der Waals surface area contributed by atoms with Crippen LogP contribution in [-0.2, 0) is 16.0 Å². The average molecular weight is 485 g/mol. The predicted octanol–water partition coefficient (Wildman–Crippen LogP) is 3.97. The van der Waals surface area contributed by atoms with Crippen LogP contribution in [0.4, 0.5) is 13.2 Å². The van der Waals surface area contributed by atoms with Crippen molar-refractivity contribution in [3.63, 3.8) is 0 Å². The topological polar surface area (TPSA) is 88.7 Å². The fourth-order valence-electron chi connectivity index (χ4n) is 3.65. The van der Waals surface area contributed by atoms with E-state index >= 15 is 0 Å². The molecular weight excluding hydrogens is 469 g/mol. The smallest absolute Gasteiger partial charge is 0.416 e. The minimum atomic E-state index is -4.69. The Balaban J connectivity index is 1.95. The lowest BCUT2D eigenvalue weighted by molar-refractivity contribution is -0.137. The monoisotopic (exact) mass is 484 g/mol. The Morgan fingerprint density at radius 3 is 2.47 bits per heavy atom. The first kappa shape index (κ1) is 22.3. The number of aromatic nitrogens is 1. The molecule has 4 rings (SSSR count). The number of nitrogens with zero attached hydrogens (tertiary/aromatic N) is 2. The Labute approximate surface area is 185 Å². The number of fused-ring (bicyclic) bond motifs is 1. The number of hydrogen-bond donors (Lipinski definition) is 1. The van der Waals surface area contributed by atoms with Gasteiger partial charge < -0.3 is 5.11 Å². The highest BCUT2D eigenvalue weighted by Gasteiger charge is 2.32. The van der Waals surface area contributed by atoms with Gasteiger partial charge in [0, 0.05) is 17.0 Å². The van der Waals surface area contributed by atoms with E-state index in [0.29, 0.717) is 22.4 Å². The second-order valence-corrected chi connectivity index (χ2v) is 10.1. The maximum Gasteiger partial charge on any atom is 0.416 e. The molecule has 0 spiro atoms. The van der Waals surface area contributed by atoms with Crippen LogP contribution >= 0.6 is 11.6 Å². The van der Waals surface area contributed by atoms with Crippen LogP contribution in [0.3, 0.4) is 0 Å². The van der Waals surface area contributed by atoms with Gasteiger partial charge in [-0.1, -0.05) is 29.8 Å². The fraction of sp³-hybridized carbons (Fsp3) is 0.238. The summed E-state index contributed by atoms with van der Waals surface area (Å²) in [5.41, 5.74) is -2.08. The van der Waals surface area contributed by atoms with E-state index in [1.54, 1.807) is 18.2 Å². The highest BCUT2D eigenvalue weighted by molar-refractivity contribution is 7.91. The minimum absolute atomic E-state index is 0.00107. The molecule has 0 unspecified atom stereocenters. The van der Waals surface area contributed by atoms with Crippen molar-refractivity contribution in [2.24, 2.45) is 4.99 Å². The van der Waals surface area contributed by atoms with E-state index in [9.17, 15) is 31.5 Å². The maximum absolute atomic E-state index is 13.2. The molecule has 2 heterocycles. The maximum atomic E-state index is 13.2. The Kier molecular flexibility index (Phi) is 5.54. The van der Waals surface area contributed by atoms with E-state index in [-0.39, 0.29) is 33.2 Å². The van der Waals surface area contributed by atoms with Crippen molar-refractivity contribution >= 4 is 38.4 Å². The summed E-state index contributed by atoms with van der Waals surface area (Å²) in [6.07, 6.45) is -3.12. The van der Waals surface area contributed by atoms with Gasteiger partial charge in [-0.3, -0.25) is 9.79 Å². The van der Waals surface area contributed by atoms with Gasteiger partial charge in [-0.05, 0) is 30.7 Å². The molecule has 0 radical (unpaired) electrons. The number of aliphatic imine (C=N–C) groups is 1. The van der Waals surface area contributed by atoms with Gasteiger partial charge in [0.2, 0.25) is 5.88 Å². The van der Waals surface area contributed by atoms with Crippen molar-refractivity contribution in [1.82, 2.24) is 4.57 Å². The van der Waals surface area contributed by atoms with Gasteiger partial charge in [-0.15, -0.1) is 0 Å². The predicted molar refractivity (Wildman–Crippen MR) is 116 cm³/mol. The molecule has 168 valence electrons. The van der Waals surface area contributed by atoms with Gasteiger partial charge in [0.25, 0.3) is 5.56 Å². The van der Waals surface area contributed by atoms with Crippen molar-refractivity contribution in [2.75, 3.05) is 11.5 Å². The fourth-order valence-corrected chi connectivity index (χ4v) is 5.48. The van der Waals surface area contributed by atoms with E-state index in [2.05, 4.69) is 4.99 Å². The molecule has 32 heavy (non-hydrogen) atoms. The quantitative estimate of drug-likeness (QED) is 0.570. The zero-order valence-electron chi connectivity index (χ0n) is 16.3. The summed E-state index contributed by atoms with van der Waals surface area (Å²) in [4.78, 5) is 17.4. The number of benzene rings is 2. The van der Waals surface area contributed by atoms with Crippen molar-refractivity contribution in [3.8, 4) is 11.6 Å². The Morgan fingerprint density at radius 2 is 1.84 bits per heavy atom. The Morgan fingerprint density at radius 1 is 1.16 bits per heavy atom. The highest BCUT2D eigenvalue weighted by Crippen LogP contribution is 2.35. The number of hydrogen-bond acceptors (Lipinski definition) is 5. The van der Waals surface area contributed by atoms with Gasteiger partial charge in [-0.2, -0.15) is 13.2 Å². The van der Waals surface area contributed by atoms with Gasteiger partial charge in [0.15, 0.2) is 9.84 Å². The molecule has 0 saturated carbocycles. The van der Waals surface area contributed by atoms with Crippen molar-refractivity contribution in [2.45, 2.75) is 18.6 Å². The first-order chi connectivity index (χ1) is 15.0. The molecule has 11 heteroatoms. The molecule has 1 aliphatic rings. The lowest BCUT2D eigenvalue weighted by atomic mass is 10.1. The zero-order chi connectivity index (χ0) is 23.3. The van der Waals surface area contributed by atoms with E-state index in [1.165, 1.54) is 12.3 Å². The second kappa shape index (κ2) is 7.93. The van der Waals surface area contributed by atoms with Crippen molar-refractivity contribution < 1.29 is 26.7 Å². The number of sulfone groups is 1.